The monoisotopic (exact) mass is 675 g/mol. The van der Waals surface area contributed by atoms with Crippen molar-refractivity contribution < 1.29 is 53.2 Å². The molecule has 1 aliphatic heterocycles. The molecule has 17 nitrogen and oxygen atoms in total. The van der Waals surface area contributed by atoms with Gasteiger partial charge in [0.15, 0.2) is 6.10 Å². The lowest BCUT2D eigenvalue weighted by Crippen LogP contribution is -2.44. The number of ether oxygens (including phenoxy) is 4. The summed E-state index contributed by atoms with van der Waals surface area (Å²) in [5.74, 6) is -3.15. The van der Waals surface area contributed by atoms with Crippen molar-refractivity contribution in [1.82, 2.24) is 0 Å². The van der Waals surface area contributed by atoms with Crippen LogP contribution in [0.4, 0.5) is 17.1 Å². The highest BCUT2D eigenvalue weighted by Gasteiger charge is 2.58. The predicted octanol–water partition coefficient (Wildman–Crippen LogP) is 3.46. The second kappa shape index (κ2) is 12.9. The third-order valence-corrected chi connectivity index (χ3v) is 6.77. The van der Waals surface area contributed by atoms with Crippen LogP contribution in [0.2, 0.25) is 0 Å². The Morgan fingerprint density at radius 1 is 0.705 bits per heavy atom. The molecule has 0 spiro atoms. The molecule has 0 saturated carbocycles. The normalized spacial score (nSPS) is 20.7. The number of esters is 3. The minimum Gasteiger partial charge on any atom is -0.459 e. The lowest BCUT2D eigenvalue weighted by Gasteiger charge is -2.25. The van der Waals surface area contributed by atoms with Crippen molar-refractivity contribution in [3.63, 3.8) is 0 Å². The molecule has 1 N–H and O–H groups in total. The fourth-order valence-electron chi connectivity index (χ4n) is 3.92. The molecule has 0 aromatic heterocycles. The lowest BCUT2D eigenvalue weighted by molar-refractivity contribution is -0.385. The molecule has 1 saturated heterocycles. The van der Waals surface area contributed by atoms with E-state index in [1.165, 1.54) is 0 Å². The SMILES string of the molecule is O=C(OC[C@H]1O[C@@](O)(Br)[C@H](OC(=O)c2ccc([N+](=O)[O-])cc2)[C@@H]1OC(=O)c1ccc([N+](=O)[O-])cc1)c1ccc([N+](=O)[O-])cc1. The summed E-state index contributed by atoms with van der Waals surface area (Å²) < 4.78 is 19.0. The van der Waals surface area contributed by atoms with Gasteiger partial charge in [0.1, 0.15) is 12.7 Å². The number of hydrogen-bond donors (Lipinski definition) is 1. The second-order valence-electron chi connectivity index (χ2n) is 8.97. The summed E-state index contributed by atoms with van der Waals surface area (Å²) in [5.41, 5.74) is -1.32. The number of nitrogens with zero attached hydrogens (tertiary/aromatic N) is 3. The van der Waals surface area contributed by atoms with Crippen molar-refractivity contribution in [3.05, 3.63) is 120 Å². The maximum Gasteiger partial charge on any atom is 0.338 e. The molecule has 0 amide bonds. The highest BCUT2D eigenvalue weighted by molar-refractivity contribution is 9.10. The van der Waals surface area contributed by atoms with Crippen LogP contribution in [-0.4, -0.2) is 67.4 Å². The molecule has 0 unspecified atom stereocenters. The van der Waals surface area contributed by atoms with E-state index in [1.807, 2.05) is 0 Å². The molecule has 4 atom stereocenters. The zero-order chi connectivity index (χ0) is 32.2. The molecule has 228 valence electrons. The number of halogens is 1. The number of hydrogen-bond acceptors (Lipinski definition) is 14. The van der Waals surface area contributed by atoms with Crippen molar-refractivity contribution in [2.45, 2.75) is 23.0 Å². The van der Waals surface area contributed by atoms with Crippen molar-refractivity contribution >= 4 is 50.9 Å². The Morgan fingerprint density at radius 2 is 1.07 bits per heavy atom. The molecular formula is C26H18BrN3O14. The maximum atomic E-state index is 13.0. The van der Waals surface area contributed by atoms with Crippen molar-refractivity contribution in [1.29, 1.82) is 0 Å². The maximum absolute atomic E-state index is 13.0. The van der Waals surface area contributed by atoms with Crippen LogP contribution in [0.3, 0.4) is 0 Å². The first-order valence-corrected chi connectivity index (χ1v) is 13.0. The van der Waals surface area contributed by atoms with E-state index in [0.717, 1.165) is 72.8 Å². The van der Waals surface area contributed by atoms with Crippen LogP contribution in [0.1, 0.15) is 31.1 Å². The second-order valence-corrected chi connectivity index (χ2v) is 10.1. The average molecular weight is 676 g/mol. The summed E-state index contributed by atoms with van der Waals surface area (Å²) >= 11 is 2.86. The molecule has 4 rings (SSSR count). The Bertz CT molecular complexity index is 1610. The summed E-state index contributed by atoms with van der Waals surface area (Å²) in [5, 5.41) is 43.7. The fourth-order valence-corrected chi connectivity index (χ4v) is 4.52. The number of nitro benzene ring substituents is 3. The van der Waals surface area contributed by atoms with Crippen molar-refractivity contribution in [2.75, 3.05) is 6.61 Å². The van der Waals surface area contributed by atoms with Crippen LogP contribution in [0, 0.1) is 30.3 Å². The minimum atomic E-state index is -2.51. The van der Waals surface area contributed by atoms with E-state index in [-0.39, 0.29) is 33.8 Å². The van der Waals surface area contributed by atoms with Crippen LogP contribution in [0.5, 0.6) is 0 Å². The summed E-state index contributed by atoms with van der Waals surface area (Å²) in [6, 6.07) is 12.9. The number of carbonyl (C=O) groups is 3. The number of alkyl halides is 1. The van der Waals surface area contributed by atoms with E-state index in [9.17, 15) is 49.8 Å². The van der Waals surface area contributed by atoms with Gasteiger partial charge in [-0.2, -0.15) is 0 Å². The van der Waals surface area contributed by atoms with Crippen LogP contribution in [-0.2, 0) is 18.9 Å². The molecule has 1 aliphatic rings. The molecule has 1 heterocycles. The van der Waals surface area contributed by atoms with E-state index in [0.29, 0.717) is 0 Å². The standard InChI is InChI=1S/C26H18BrN3O14/c27-26(34)22(43-25(33)16-5-11-19(12-6-16)30(39)40)21(42-24(32)15-3-9-18(10-4-15)29(37)38)20(44-26)13-41-23(31)14-1-7-17(8-2-14)28(35)36/h1-12,20-22,34H,13H2/t20-,21-,22-,26-/m1/s1. The van der Waals surface area contributed by atoms with E-state index < -0.39 is 62.3 Å². The predicted molar refractivity (Wildman–Crippen MR) is 147 cm³/mol. The van der Waals surface area contributed by atoms with Gasteiger partial charge in [-0.25, -0.2) is 14.4 Å². The quantitative estimate of drug-likeness (QED) is 0.106. The molecule has 3 aromatic rings. The average Bonchev–Trinajstić information content (AvgIpc) is 3.23. The van der Waals surface area contributed by atoms with Crippen LogP contribution in [0.15, 0.2) is 72.8 Å². The molecule has 0 bridgehead atoms. The first-order chi connectivity index (χ1) is 20.8. The first-order valence-electron chi connectivity index (χ1n) is 12.2. The topological polar surface area (TPSA) is 238 Å². The first kappa shape index (κ1) is 31.6. The highest BCUT2D eigenvalue weighted by Crippen LogP contribution is 2.39. The number of non-ortho nitro benzene ring substituents is 3. The smallest absolute Gasteiger partial charge is 0.338 e. The molecule has 0 aliphatic carbocycles. The number of benzene rings is 3. The van der Waals surface area contributed by atoms with Crippen LogP contribution in [0.25, 0.3) is 0 Å². The van der Waals surface area contributed by atoms with Gasteiger partial charge in [0.25, 0.3) is 21.8 Å². The van der Waals surface area contributed by atoms with E-state index in [4.69, 9.17) is 18.9 Å². The number of nitro groups is 3. The number of aliphatic hydroxyl groups is 1. The third-order valence-electron chi connectivity index (χ3n) is 6.13. The third kappa shape index (κ3) is 7.17. The molecule has 44 heavy (non-hydrogen) atoms. The van der Waals surface area contributed by atoms with Crippen LogP contribution < -0.4 is 0 Å². The lowest BCUT2D eigenvalue weighted by atomic mass is 10.1. The van der Waals surface area contributed by atoms with Crippen LogP contribution >= 0.6 is 15.9 Å². The summed E-state index contributed by atoms with van der Waals surface area (Å²) in [4.78, 5) is 69.2. The minimum absolute atomic E-state index is 0.0803. The van der Waals surface area contributed by atoms with Gasteiger partial charge >= 0.3 is 17.9 Å². The van der Waals surface area contributed by atoms with Crippen molar-refractivity contribution in [3.8, 4) is 0 Å². The molecule has 3 aromatic carbocycles. The Labute approximate surface area is 253 Å². The van der Waals surface area contributed by atoms with E-state index in [2.05, 4.69) is 15.9 Å². The Balaban J connectivity index is 1.57. The van der Waals surface area contributed by atoms with Crippen molar-refractivity contribution in [2.24, 2.45) is 0 Å². The summed E-state index contributed by atoms with van der Waals surface area (Å²) in [6.45, 7) is -0.687. The van der Waals surface area contributed by atoms with Gasteiger partial charge in [-0.1, -0.05) is 0 Å². The Hall–Kier alpha value is -5.33. The van der Waals surface area contributed by atoms with Gasteiger partial charge in [-0.15, -0.1) is 0 Å². The largest absolute Gasteiger partial charge is 0.459 e. The number of carbonyl (C=O) groups excluding carboxylic acids is 3. The van der Waals surface area contributed by atoms with Gasteiger partial charge in [0.05, 0.1) is 31.5 Å². The van der Waals surface area contributed by atoms with Gasteiger partial charge in [-0.3, -0.25) is 30.3 Å². The zero-order valence-corrected chi connectivity index (χ0v) is 23.4. The van der Waals surface area contributed by atoms with Gasteiger partial charge in [0, 0.05) is 36.4 Å². The van der Waals surface area contributed by atoms with Gasteiger partial charge < -0.3 is 24.1 Å². The van der Waals surface area contributed by atoms with Gasteiger partial charge in [-0.05, 0) is 52.3 Å². The van der Waals surface area contributed by atoms with Gasteiger partial charge in [0.2, 0.25) is 6.10 Å². The summed E-state index contributed by atoms with van der Waals surface area (Å²) in [6.07, 6.45) is -4.94. The Kier molecular flexibility index (Phi) is 9.26. The molecule has 0 radical (unpaired) electrons. The Morgan fingerprint density at radius 3 is 1.45 bits per heavy atom. The highest BCUT2D eigenvalue weighted by atomic mass is 79.9. The fraction of sp³-hybridized carbons (Fsp3) is 0.192. The summed E-state index contributed by atoms with van der Waals surface area (Å²) in [7, 11) is 0. The molecule has 1 fully saturated rings. The van der Waals surface area contributed by atoms with E-state index >= 15 is 0 Å². The molecule has 18 heteroatoms. The molecular weight excluding hydrogens is 658 g/mol. The zero-order valence-electron chi connectivity index (χ0n) is 21.8. The number of rotatable bonds is 10. The van der Waals surface area contributed by atoms with E-state index in [1.54, 1.807) is 0 Å².